The molecule has 0 aliphatic rings. The van der Waals surface area contributed by atoms with Crippen LogP contribution < -0.4 is 15.9 Å². The molecule has 0 fully saturated rings. The number of primary amides is 1. The highest BCUT2D eigenvalue weighted by Crippen LogP contribution is 2.13. The fraction of sp³-hybridized carbons (Fsp3) is 0.182. The molecule has 96 valence electrons. The summed E-state index contributed by atoms with van der Waals surface area (Å²) in [5.41, 5.74) is 7.59. The second-order valence-electron chi connectivity index (χ2n) is 3.40. The number of carbonyl (C=O) groups excluding carboxylic acids is 1. The third-order valence-electron chi connectivity index (χ3n) is 1.93. The first-order valence-corrected chi connectivity index (χ1v) is 5.07. The van der Waals surface area contributed by atoms with Gasteiger partial charge in [-0.2, -0.15) is 5.10 Å². The zero-order valence-electron chi connectivity index (χ0n) is 9.66. The van der Waals surface area contributed by atoms with E-state index in [1.165, 1.54) is 13.1 Å². The molecule has 0 bridgehead atoms. The minimum atomic E-state index is -1.04. The maximum atomic E-state index is 10.6. The van der Waals surface area contributed by atoms with E-state index in [1.54, 1.807) is 24.3 Å². The number of urea groups is 1. The molecule has 0 spiro atoms. The summed E-state index contributed by atoms with van der Waals surface area (Å²) >= 11 is 0. The topological polar surface area (TPSA) is 114 Å². The van der Waals surface area contributed by atoms with E-state index < -0.39 is 18.1 Å². The van der Waals surface area contributed by atoms with Crippen LogP contribution in [0.3, 0.4) is 0 Å². The molecule has 2 amide bonds. The highest BCUT2D eigenvalue weighted by molar-refractivity contribution is 5.81. The van der Waals surface area contributed by atoms with Crippen molar-refractivity contribution in [2.75, 3.05) is 0 Å². The Kier molecular flexibility index (Phi) is 4.67. The Morgan fingerprint density at radius 3 is 2.56 bits per heavy atom. The predicted octanol–water partition coefficient (Wildman–Crippen LogP) is 0.541. The number of nitrogens with zero attached hydrogens (tertiary/aromatic N) is 1. The molecule has 18 heavy (non-hydrogen) atoms. The minimum absolute atomic E-state index is 0.435. The van der Waals surface area contributed by atoms with Crippen LogP contribution in [0.1, 0.15) is 12.5 Å². The maximum absolute atomic E-state index is 10.6. The first-order chi connectivity index (χ1) is 8.49. The van der Waals surface area contributed by atoms with E-state index in [0.717, 1.165) is 0 Å². The van der Waals surface area contributed by atoms with Crippen LogP contribution in [0.2, 0.25) is 0 Å². The van der Waals surface area contributed by atoms with E-state index in [2.05, 4.69) is 10.5 Å². The van der Waals surface area contributed by atoms with Crippen molar-refractivity contribution in [1.29, 1.82) is 0 Å². The van der Waals surface area contributed by atoms with Crippen molar-refractivity contribution in [3.8, 4) is 5.75 Å². The highest BCUT2D eigenvalue weighted by atomic mass is 16.5. The van der Waals surface area contributed by atoms with Crippen molar-refractivity contribution in [3.05, 3.63) is 29.8 Å². The molecule has 0 aromatic heterocycles. The van der Waals surface area contributed by atoms with Crippen molar-refractivity contribution >= 4 is 18.2 Å². The van der Waals surface area contributed by atoms with Crippen molar-refractivity contribution in [1.82, 2.24) is 5.43 Å². The summed E-state index contributed by atoms with van der Waals surface area (Å²) in [4.78, 5) is 20.9. The van der Waals surface area contributed by atoms with Crippen LogP contribution in [0.5, 0.6) is 5.75 Å². The Bertz CT molecular complexity index is 456. The van der Waals surface area contributed by atoms with Gasteiger partial charge in [0.15, 0.2) is 6.10 Å². The molecular weight excluding hydrogens is 238 g/mol. The van der Waals surface area contributed by atoms with Gasteiger partial charge in [0.05, 0.1) is 6.21 Å². The monoisotopic (exact) mass is 251 g/mol. The lowest BCUT2D eigenvalue weighted by molar-refractivity contribution is -0.144. The quantitative estimate of drug-likeness (QED) is 0.523. The summed E-state index contributed by atoms with van der Waals surface area (Å²) in [6, 6.07) is 5.78. The molecule has 1 atom stereocenters. The summed E-state index contributed by atoms with van der Waals surface area (Å²) < 4.78 is 5.14. The SMILES string of the molecule is C[C@@H](Oc1ccc(C=NNC(N)=O)cc1)C(=O)O. The van der Waals surface area contributed by atoms with Gasteiger partial charge in [0, 0.05) is 0 Å². The molecule has 0 aliphatic carbocycles. The van der Waals surface area contributed by atoms with Gasteiger partial charge >= 0.3 is 12.0 Å². The van der Waals surface area contributed by atoms with Gasteiger partial charge in [-0.25, -0.2) is 15.0 Å². The van der Waals surface area contributed by atoms with E-state index in [1.807, 2.05) is 0 Å². The van der Waals surface area contributed by atoms with Crippen LogP contribution in [-0.4, -0.2) is 29.4 Å². The number of carboxylic acids is 1. The minimum Gasteiger partial charge on any atom is -0.479 e. The lowest BCUT2D eigenvalue weighted by Gasteiger charge is -2.09. The second-order valence-corrected chi connectivity index (χ2v) is 3.40. The summed E-state index contributed by atoms with van der Waals surface area (Å²) in [6.07, 6.45) is 0.482. The summed E-state index contributed by atoms with van der Waals surface area (Å²) in [5.74, 6) is -0.601. The van der Waals surface area contributed by atoms with Crippen LogP contribution in [0, 0.1) is 0 Å². The van der Waals surface area contributed by atoms with Gasteiger partial charge < -0.3 is 15.6 Å². The average Bonchev–Trinajstić information content (AvgIpc) is 2.30. The Labute approximate surface area is 103 Å². The van der Waals surface area contributed by atoms with Crippen molar-refractivity contribution in [2.45, 2.75) is 13.0 Å². The van der Waals surface area contributed by atoms with E-state index in [0.29, 0.717) is 11.3 Å². The van der Waals surface area contributed by atoms with E-state index in [-0.39, 0.29) is 0 Å². The third kappa shape index (κ3) is 4.52. The molecule has 0 saturated carbocycles. The lowest BCUT2D eigenvalue weighted by Crippen LogP contribution is -2.24. The zero-order chi connectivity index (χ0) is 13.5. The van der Waals surface area contributed by atoms with Crippen LogP contribution in [0.4, 0.5) is 4.79 Å². The Morgan fingerprint density at radius 1 is 1.44 bits per heavy atom. The number of carboxylic acid groups (broad SMARTS) is 1. The number of hydrazone groups is 1. The predicted molar refractivity (Wildman–Crippen MR) is 64.5 cm³/mol. The fourth-order valence-electron chi connectivity index (χ4n) is 1.06. The van der Waals surface area contributed by atoms with Crippen molar-refractivity contribution < 1.29 is 19.4 Å². The number of amides is 2. The van der Waals surface area contributed by atoms with E-state index >= 15 is 0 Å². The zero-order valence-corrected chi connectivity index (χ0v) is 9.66. The molecule has 0 heterocycles. The first kappa shape index (κ1) is 13.5. The smallest absolute Gasteiger partial charge is 0.344 e. The van der Waals surface area contributed by atoms with Crippen molar-refractivity contribution in [2.24, 2.45) is 10.8 Å². The molecule has 0 saturated heterocycles. The number of benzene rings is 1. The molecular formula is C11H13N3O4. The molecule has 0 radical (unpaired) electrons. The fourth-order valence-corrected chi connectivity index (χ4v) is 1.06. The van der Waals surface area contributed by atoms with E-state index in [9.17, 15) is 9.59 Å². The van der Waals surface area contributed by atoms with E-state index in [4.69, 9.17) is 15.6 Å². The van der Waals surface area contributed by atoms with Gasteiger partial charge in [-0.15, -0.1) is 0 Å². The number of nitrogens with two attached hydrogens (primary N) is 1. The van der Waals surface area contributed by atoms with Crippen LogP contribution in [0.15, 0.2) is 29.4 Å². The largest absolute Gasteiger partial charge is 0.479 e. The van der Waals surface area contributed by atoms with Crippen LogP contribution >= 0.6 is 0 Å². The number of hydrogen-bond acceptors (Lipinski definition) is 4. The molecule has 1 rings (SSSR count). The number of rotatable bonds is 5. The lowest BCUT2D eigenvalue weighted by atomic mass is 10.2. The molecule has 0 unspecified atom stereocenters. The summed E-state index contributed by atoms with van der Waals surface area (Å²) in [7, 11) is 0. The van der Waals surface area contributed by atoms with Gasteiger partial charge in [0.1, 0.15) is 5.75 Å². The van der Waals surface area contributed by atoms with Gasteiger partial charge in [0.25, 0.3) is 0 Å². The van der Waals surface area contributed by atoms with Gasteiger partial charge in [0.2, 0.25) is 0 Å². The normalized spacial score (nSPS) is 12.1. The molecule has 7 nitrogen and oxygen atoms in total. The standard InChI is InChI=1S/C11H13N3O4/c1-7(10(15)16)18-9-4-2-8(3-5-9)6-13-14-11(12)17/h2-7H,1H3,(H,15,16)(H3,12,14,17)/t7-/m1/s1. The van der Waals surface area contributed by atoms with Gasteiger partial charge in [-0.3, -0.25) is 0 Å². The van der Waals surface area contributed by atoms with Crippen molar-refractivity contribution in [3.63, 3.8) is 0 Å². The van der Waals surface area contributed by atoms with Crippen LogP contribution in [0.25, 0.3) is 0 Å². The third-order valence-corrected chi connectivity index (χ3v) is 1.93. The Balaban J connectivity index is 2.60. The number of aliphatic carboxylic acids is 1. The summed E-state index contributed by atoms with van der Waals surface area (Å²) in [6.45, 7) is 1.44. The highest BCUT2D eigenvalue weighted by Gasteiger charge is 2.11. The number of hydrogen-bond donors (Lipinski definition) is 3. The second kappa shape index (κ2) is 6.24. The maximum Gasteiger partial charge on any atom is 0.344 e. The van der Waals surface area contributed by atoms with Gasteiger partial charge in [-0.1, -0.05) is 0 Å². The van der Waals surface area contributed by atoms with Crippen LogP contribution in [-0.2, 0) is 4.79 Å². The Hall–Kier alpha value is -2.57. The summed E-state index contributed by atoms with van der Waals surface area (Å²) in [5, 5.41) is 12.2. The number of nitrogens with one attached hydrogen (secondary N) is 1. The molecule has 1 aromatic rings. The number of carbonyl (C=O) groups is 2. The van der Waals surface area contributed by atoms with Gasteiger partial charge in [-0.05, 0) is 36.8 Å². The molecule has 1 aromatic carbocycles. The first-order valence-electron chi connectivity index (χ1n) is 5.07. The molecule has 4 N–H and O–H groups in total. The molecule has 7 heteroatoms. The Morgan fingerprint density at radius 2 is 2.06 bits per heavy atom. The number of ether oxygens (including phenoxy) is 1. The average molecular weight is 251 g/mol. The molecule has 0 aliphatic heterocycles.